The van der Waals surface area contributed by atoms with E-state index in [4.69, 9.17) is 0 Å². The second kappa shape index (κ2) is 5.92. The summed E-state index contributed by atoms with van der Waals surface area (Å²) in [5, 5.41) is 3.30. The Labute approximate surface area is 119 Å². The van der Waals surface area contributed by atoms with E-state index in [-0.39, 0.29) is 17.6 Å². The Kier molecular flexibility index (Phi) is 4.01. The van der Waals surface area contributed by atoms with Crippen molar-refractivity contribution < 1.29 is 9.18 Å². The van der Waals surface area contributed by atoms with Crippen LogP contribution in [0, 0.1) is 11.7 Å². The predicted octanol–water partition coefficient (Wildman–Crippen LogP) is 2.32. The molecule has 3 rings (SSSR count). The van der Waals surface area contributed by atoms with Crippen molar-refractivity contribution in [3.05, 3.63) is 35.6 Å². The summed E-state index contributed by atoms with van der Waals surface area (Å²) in [4.78, 5) is 14.7. The lowest BCUT2D eigenvalue weighted by Gasteiger charge is -2.30. The minimum Gasteiger partial charge on any atom is -0.335 e. The van der Waals surface area contributed by atoms with Crippen LogP contribution in [-0.4, -0.2) is 29.9 Å². The van der Waals surface area contributed by atoms with Crippen molar-refractivity contribution >= 4 is 5.91 Å². The van der Waals surface area contributed by atoms with E-state index < -0.39 is 0 Å². The number of piperidine rings is 1. The van der Waals surface area contributed by atoms with Crippen molar-refractivity contribution in [1.29, 1.82) is 0 Å². The Balaban J connectivity index is 1.68. The monoisotopic (exact) mass is 276 g/mol. The van der Waals surface area contributed by atoms with Crippen LogP contribution in [0.25, 0.3) is 0 Å². The number of nitrogens with one attached hydrogen (secondary N) is 1. The molecule has 0 aromatic heterocycles. The molecule has 0 bridgehead atoms. The Bertz CT molecular complexity index is 464. The topological polar surface area (TPSA) is 32.3 Å². The molecule has 1 aliphatic carbocycles. The number of nitrogens with zero attached hydrogens (tertiary/aromatic N) is 1. The first kappa shape index (κ1) is 13.6. The molecule has 1 saturated carbocycles. The molecular weight excluding hydrogens is 255 g/mol. The number of hydrogen-bond donors (Lipinski definition) is 1. The van der Waals surface area contributed by atoms with Gasteiger partial charge in [-0.05, 0) is 49.9 Å². The summed E-state index contributed by atoms with van der Waals surface area (Å²) in [6, 6.07) is 6.88. The standard InChI is InChI=1S/C16H21FN2O/c17-14-5-3-12(4-6-14)11-19(15-7-8-15)16(20)13-2-1-9-18-10-13/h3-6,13,15,18H,1-2,7-11H2. The van der Waals surface area contributed by atoms with Crippen LogP contribution in [0.3, 0.4) is 0 Å². The number of hydrogen-bond acceptors (Lipinski definition) is 2. The molecule has 4 heteroatoms. The Hall–Kier alpha value is -1.42. The fraction of sp³-hybridized carbons (Fsp3) is 0.562. The fourth-order valence-electron chi connectivity index (χ4n) is 2.86. The molecule has 0 radical (unpaired) electrons. The highest BCUT2D eigenvalue weighted by atomic mass is 19.1. The lowest BCUT2D eigenvalue weighted by atomic mass is 9.97. The third-order valence-electron chi connectivity index (χ3n) is 4.18. The van der Waals surface area contributed by atoms with Crippen LogP contribution in [0.1, 0.15) is 31.2 Å². The molecule has 3 nitrogen and oxygen atoms in total. The fourth-order valence-corrected chi connectivity index (χ4v) is 2.86. The molecule has 20 heavy (non-hydrogen) atoms. The largest absolute Gasteiger partial charge is 0.335 e. The molecular formula is C16H21FN2O. The molecule has 0 spiro atoms. The van der Waals surface area contributed by atoms with Gasteiger partial charge in [-0.3, -0.25) is 4.79 Å². The quantitative estimate of drug-likeness (QED) is 0.915. The predicted molar refractivity (Wildman–Crippen MR) is 75.6 cm³/mol. The first-order chi connectivity index (χ1) is 9.74. The van der Waals surface area contributed by atoms with Crippen molar-refractivity contribution in [3.63, 3.8) is 0 Å². The Morgan fingerprint density at radius 2 is 2.00 bits per heavy atom. The molecule has 1 heterocycles. The highest BCUT2D eigenvalue weighted by Gasteiger charge is 2.36. The smallest absolute Gasteiger partial charge is 0.227 e. The maximum absolute atomic E-state index is 13.0. The highest BCUT2D eigenvalue weighted by Crippen LogP contribution is 2.30. The molecule has 108 valence electrons. The molecule has 1 N–H and O–H groups in total. The second-order valence-corrected chi connectivity index (χ2v) is 5.87. The van der Waals surface area contributed by atoms with E-state index in [1.165, 1.54) is 12.1 Å². The lowest BCUT2D eigenvalue weighted by molar-refractivity contribution is -0.137. The summed E-state index contributed by atoms with van der Waals surface area (Å²) in [5.41, 5.74) is 1.01. The van der Waals surface area contributed by atoms with Gasteiger partial charge in [0.05, 0.1) is 5.92 Å². The van der Waals surface area contributed by atoms with E-state index in [0.717, 1.165) is 44.3 Å². The van der Waals surface area contributed by atoms with Crippen LogP contribution >= 0.6 is 0 Å². The van der Waals surface area contributed by atoms with Gasteiger partial charge in [0.25, 0.3) is 0 Å². The maximum atomic E-state index is 13.0. The molecule has 1 amide bonds. The van der Waals surface area contributed by atoms with Crippen LogP contribution in [0.4, 0.5) is 4.39 Å². The number of rotatable bonds is 4. The summed E-state index contributed by atoms with van der Waals surface area (Å²) in [7, 11) is 0. The van der Waals surface area contributed by atoms with E-state index in [1.54, 1.807) is 12.1 Å². The second-order valence-electron chi connectivity index (χ2n) is 5.87. The van der Waals surface area contributed by atoms with Gasteiger partial charge in [-0.15, -0.1) is 0 Å². The molecule has 2 aliphatic rings. The molecule has 1 aliphatic heterocycles. The maximum Gasteiger partial charge on any atom is 0.227 e. The third kappa shape index (κ3) is 3.18. The van der Waals surface area contributed by atoms with Gasteiger partial charge in [-0.1, -0.05) is 12.1 Å². The number of carbonyl (C=O) groups is 1. The number of halogens is 1. The van der Waals surface area contributed by atoms with Crippen molar-refractivity contribution in [2.45, 2.75) is 38.3 Å². The van der Waals surface area contributed by atoms with Gasteiger partial charge in [-0.25, -0.2) is 4.39 Å². The minimum atomic E-state index is -0.227. The van der Waals surface area contributed by atoms with Crippen LogP contribution < -0.4 is 5.32 Å². The zero-order valence-electron chi connectivity index (χ0n) is 11.6. The van der Waals surface area contributed by atoms with E-state index in [0.29, 0.717) is 12.6 Å². The summed E-state index contributed by atoms with van der Waals surface area (Å²) in [6.45, 7) is 2.43. The first-order valence-corrected chi connectivity index (χ1v) is 7.49. The molecule has 1 aromatic rings. The first-order valence-electron chi connectivity index (χ1n) is 7.49. The zero-order chi connectivity index (χ0) is 13.9. The van der Waals surface area contributed by atoms with E-state index in [2.05, 4.69) is 5.32 Å². The zero-order valence-corrected chi connectivity index (χ0v) is 11.6. The molecule has 1 atom stereocenters. The van der Waals surface area contributed by atoms with Gasteiger partial charge in [-0.2, -0.15) is 0 Å². The third-order valence-corrected chi connectivity index (χ3v) is 4.18. The van der Waals surface area contributed by atoms with Gasteiger partial charge in [0, 0.05) is 19.1 Å². The van der Waals surface area contributed by atoms with E-state index in [1.807, 2.05) is 4.90 Å². The Morgan fingerprint density at radius 1 is 1.25 bits per heavy atom. The van der Waals surface area contributed by atoms with Crippen LogP contribution in [-0.2, 0) is 11.3 Å². The van der Waals surface area contributed by atoms with Gasteiger partial charge >= 0.3 is 0 Å². The minimum absolute atomic E-state index is 0.116. The van der Waals surface area contributed by atoms with Gasteiger partial charge in [0.1, 0.15) is 5.82 Å². The van der Waals surface area contributed by atoms with Crippen molar-refractivity contribution in [3.8, 4) is 0 Å². The van der Waals surface area contributed by atoms with Crippen LogP contribution in [0.5, 0.6) is 0 Å². The Morgan fingerprint density at radius 3 is 2.60 bits per heavy atom. The number of amides is 1. The van der Waals surface area contributed by atoms with Crippen LogP contribution in [0.2, 0.25) is 0 Å². The van der Waals surface area contributed by atoms with Gasteiger partial charge in [0.2, 0.25) is 5.91 Å². The lowest BCUT2D eigenvalue weighted by Crippen LogP contribution is -2.43. The summed E-state index contributed by atoms with van der Waals surface area (Å²) in [6.07, 6.45) is 4.27. The van der Waals surface area contributed by atoms with Crippen molar-refractivity contribution in [1.82, 2.24) is 10.2 Å². The summed E-state index contributed by atoms with van der Waals surface area (Å²) < 4.78 is 13.0. The van der Waals surface area contributed by atoms with E-state index in [9.17, 15) is 9.18 Å². The van der Waals surface area contributed by atoms with Crippen LogP contribution in [0.15, 0.2) is 24.3 Å². The normalized spacial score (nSPS) is 22.6. The average Bonchev–Trinajstić information content (AvgIpc) is 3.31. The van der Waals surface area contributed by atoms with Gasteiger partial charge in [0.15, 0.2) is 0 Å². The van der Waals surface area contributed by atoms with Crippen molar-refractivity contribution in [2.75, 3.05) is 13.1 Å². The average molecular weight is 276 g/mol. The number of benzene rings is 1. The van der Waals surface area contributed by atoms with E-state index >= 15 is 0 Å². The molecule has 2 fully saturated rings. The van der Waals surface area contributed by atoms with Crippen molar-refractivity contribution in [2.24, 2.45) is 5.92 Å². The molecule has 1 unspecified atom stereocenters. The molecule has 1 saturated heterocycles. The summed E-state index contributed by atoms with van der Waals surface area (Å²) >= 11 is 0. The molecule has 1 aromatic carbocycles. The van der Waals surface area contributed by atoms with Gasteiger partial charge < -0.3 is 10.2 Å². The number of carbonyl (C=O) groups excluding carboxylic acids is 1. The SMILES string of the molecule is O=C(C1CCCNC1)N(Cc1ccc(F)cc1)C1CC1. The summed E-state index contributed by atoms with van der Waals surface area (Å²) in [5.74, 6) is 0.156. The highest BCUT2D eigenvalue weighted by molar-refractivity contribution is 5.79.